The van der Waals surface area contributed by atoms with Gasteiger partial charge in [0.1, 0.15) is 10.9 Å². The summed E-state index contributed by atoms with van der Waals surface area (Å²) in [7, 11) is -3.53. The second-order valence-corrected chi connectivity index (χ2v) is 7.09. The first-order chi connectivity index (χ1) is 11.8. The smallest absolute Gasteiger partial charge is 0.326 e. The fraction of sp³-hybridized carbons (Fsp3) is 0.267. The van der Waals surface area contributed by atoms with Gasteiger partial charge in [-0.15, -0.1) is 0 Å². The van der Waals surface area contributed by atoms with Crippen molar-refractivity contribution in [2.45, 2.75) is 30.3 Å². The molecule has 0 spiro atoms. The number of carbonyl (C=O) groups excluding carboxylic acids is 1. The number of carbonyl (C=O) groups is 2. The lowest BCUT2D eigenvalue weighted by Gasteiger charge is -2.04. The zero-order chi connectivity index (χ0) is 18.4. The maximum absolute atomic E-state index is 12.0. The third-order valence-corrected chi connectivity index (χ3v) is 5.09. The molecule has 0 radical (unpaired) electrons. The number of nitrogens with one attached hydrogen (secondary N) is 1. The summed E-state index contributed by atoms with van der Waals surface area (Å²) in [4.78, 5) is 24.5. The Morgan fingerprint density at radius 1 is 1.44 bits per heavy atom. The van der Waals surface area contributed by atoms with Crippen molar-refractivity contribution in [2.75, 3.05) is 0 Å². The molecule has 2 aromatic heterocycles. The van der Waals surface area contributed by atoms with Gasteiger partial charge < -0.3 is 16.2 Å². The minimum atomic E-state index is -3.53. The van der Waals surface area contributed by atoms with E-state index < -0.39 is 22.0 Å². The number of nitrogens with zero attached hydrogens (tertiary/aromatic N) is 2. The van der Waals surface area contributed by atoms with Gasteiger partial charge in [0.15, 0.2) is 0 Å². The Morgan fingerprint density at radius 2 is 2.20 bits per heavy atom. The number of rotatable bonds is 4. The third kappa shape index (κ3) is 4.64. The number of nitrogens with two attached hydrogens (primary N) is 1. The van der Waals surface area contributed by atoms with Gasteiger partial charge in [0, 0.05) is 37.8 Å². The maximum Gasteiger partial charge on any atom is 0.326 e. The quantitative estimate of drug-likeness (QED) is 0.687. The first-order valence-electron chi connectivity index (χ1n) is 7.39. The van der Waals surface area contributed by atoms with Crippen LogP contribution in [0, 0.1) is 0 Å². The molecule has 1 saturated heterocycles. The highest BCUT2D eigenvalue weighted by Gasteiger charge is 2.26. The fourth-order valence-corrected chi connectivity index (χ4v) is 3.29. The summed E-state index contributed by atoms with van der Waals surface area (Å²) in [5.74, 6) is -1.11. The predicted molar refractivity (Wildman–Crippen MR) is 87.9 cm³/mol. The van der Waals surface area contributed by atoms with Crippen molar-refractivity contribution in [3.8, 4) is 0 Å². The highest BCUT2D eigenvalue weighted by atomic mass is 32.2. The van der Waals surface area contributed by atoms with Gasteiger partial charge in [-0.05, 0) is 30.2 Å². The Balaban J connectivity index is 0.000000212. The lowest BCUT2D eigenvalue weighted by molar-refractivity contribution is -0.140. The van der Waals surface area contributed by atoms with Crippen LogP contribution in [0.15, 0.2) is 47.9 Å². The van der Waals surface area contributed by atoms with Crippen molar-refractivity contribution in [1.82, 2.24) is 14.3 Å². The molecule has 0 aromatic carbocycles. The van der Waals surface area contributed by atoms with Gasteiger partial charge in [-0.2, -0.15) is 0 Å². The van der Waals surface area contributed by atoms with E-state index in [0.717, 1.165) is 9.54 Å². The summed E-state index contributed by atoms with van der Waals surface area (Å²) in [5, 5.41) is 10.6. The molecule has 10 heteroatoms. The van der Waals surface area contributed by atoms with E-state index in [4.69, 9.17) is 10.8 Å². The first kappa shape index (κ1) is 18.6. The summed E-state index contributed by atoms with van der Waals surface area (Å²) >= 11 is 0. The van der Waals surface area contributed by atoms with E-state index in [1.54, 1.807) is 12.1 Å². The summed E-state index contributed by atoms with van der Waals surface area (Å²) in [6.07, 6.45) is 6.59. The lowest BCUT2D eigenvalue weighted by Crippen LogP contribution is -2.32. The van der Waals surface area contributed by atoms with E-state index >= 15 is 0 Å². The van der Waals surface area contributed by atoms with Crippen LogP contribution in [-0.2, 0) is 26.2 Å². The molecule has 1 aliphatic heterocycles. The Kier molecular flexibility index (Phi) is 5.88. The Bertz CT molecular complexity index is 848. The second kappa shape index (κ2) is 7.90. The van der Waals surface area contributed by atoms with Crippen molar-refractivity contribution in [3.05, 3.63) is 48.5 Å². The number of hydrogen-bond donors (Lipinski definition) is 3. The summed E-state index contributed by atoms with van der Waals surface area (Å²) < 4.78 is 25.2. The Morgan fingerprint density at radius 3 is 2.64 bits per heavy atom. The molecule has 1 atom stereocenters. The molecule has 0 unspecified atom stereocenters. The Labute approximate surface area is 144 Å². The summed E-state index contributed by atoms with van der Waals surface area (Å²) in [5.41, 5.74) is 6.20. The highest BCUT2D eigenvalue weighted by molar-refractivity contribution is 7.90. The van der Waals surface area contributed by atoms with Gasteiger partial charge in [-0.3, -0.25) is 9.78 Å². The largest absolute Gasteiger partial charge is 0.480 e. The number of aliphatic carboxylic acids is 1. The number of pyridine rings is 1. The molecule has 3 rings (SSSR count). The van der Waals surface area contributed by atoms with Crippen LogP contribution in [0.1, 0.15) is 18.4 Å². The second-order valence-electron chi connectivity index (χ2n) is 5.24. The van der Waals surface area contributed by atoms with Crippen LogP contribution in [0.25, 0.3) is 0 Å². The molecule has 134 valence electrons. The molecular weight excluding hydrogens is 348 g/mol. The molecule has 0 bridgehead atoms. The molecular formula is C15H18N4O5S. The average Bonchev–Trinajstić information content (AvgIpc) is 3.25. The molecule has 1 aliphatic rings. The minimum Gasteiger partial charge on any atom is -0.480 e. The number of amides is 1. The molecule has 0 saturated carbocycles. The molecule has 9 nitrogen and oxygen atoms in total. The van der Waals surface area contributed by atoms with Crippen LogP contribution < -0.4 is 11.1 Å². The van der Waals surface area contributed by atoms with Gasteiger partial charge in [0.25, 0.3) is 10.0 Å². The van der Waals surface area contributed by atoms with Gasteiger partial charge >= 0.3 is 5.97 Å². The van der Waals surface area contributed by atoms with Crippen molar-refractivity contribution >= 4 is 21.9 Å². The zero-order valence-corrected chi connectivity index (χ0v) is 14.0. The van der Waals surface area contributed by atoms with E-state index in [0.29, 0.717) is 19.4 Å². The summed E-state index contributed by atoms with van der Waals surface area (Å²) in [6, 6.07) is 4.12. The molecule has 1 fully saturated rings. The average molecular weight is 366 g/mol. The number of carboxylic acid groups (broad SMARTS) is 1. The van der Waals surface area contributed by atoms with E-state index in [-0.39, 0.29) is 10.8 Å². The molecule has 3 heterocycles. The Hall–Kier alpha value is -2.72. The van der Waals surface area contributed by atoms with Crippen molar-refractivity contribution < 1.29 is 23.1 Å². The summed E-state index contributed by atoms with van der Waals surface area (Å²) in [6.45, 7) is 0.315. The molecule has 2 aromatic rings. The monoisotopic (exact) mass is 366 g/mol. The van der Waals surface area contributed by atoms with E-state index in [1.165, 1.54) is 30.9 Å². The molecule has 25 heavy (non-hydrogen) atoms. The predicted octanol–water partition coefficient (Wildman–Crippen LogP) is -0.0716. The van der Waals surface area contributed by atoms with E-state index in [1.807, 2.05) is 0 Å². The standard InChI is InChI=1S/C10H11N3O2S.C5H7NO3/c11-6-9-3-5-13(8-9)16(14,15)10-2-1-4-12-7-10;7-4-2-1-3(6-4)5(8)9/h1-5,7-8H,6,11H2;3H,1-2H2,(H,6,7)(H,8,9)/t;3-/m.0/s1. The van der Waals surface area contributed by atoms with Crippen LogP contribution in [-0.4, -0.2) is 40.4 Å². The number of hydrogen-bond acceptors (Lipinski definition) is 6. The maximum atomic E-state index is 12.0. The van der Waals surface area contributed by atoms with Gasteiger partial charge in [-0.1, -0.05) is 0 Å². The number of carboxylic acids is 1. The topological polar surface area (TPSA) is 144 Å². The van der Waals surface area contributed by atoms with Crippen LogP contribution in [0.5, 0.6) is 0 Å². The van der Waals surface area contributed by atoms with Crippen LogP contribution in [0.4, 0.5) is 0 Å². The van der Waals surface area contributed by atoms with Gasteiger partial charge in [0.05, 0.1) is 0 Å². The zero-order valence-electron chi connectivity index (χ0n) is 13.2. The van der Waals surface area contributed by atoms with Gasteiger partial charge in [-0.25, -0.2) is 17.2 Å². The van der Waals surface area contributed by atoms with E-state index in [9.17, 15) is 18.0 Å². The fourth-order valence-electron chi connectivity index (χ4n) is 2.11. The molecule has 0 aliphatic carbocycles. The third-order valence-electron chi connectivity index (χ3n) is 3.47. The van der Waals surface area contributed by atoms with Crippen molar-refractivity contribution in [2.24, 2.45) is 5.73 Å². The van der Waals surface area contributed by atoms with Crippen LogP contribution >= 0.6 is 0 Å². The van der Waals surface area contributed by atoms with Crippen LogP contribution in [0.3, 0.4) is 0 Å². The number of aromatic nitrogens is 2. The highest BCUT2D eigenvalue weighted by Crippen LogP contribution is 2.13. The lowest BCUT2D eigenvalue weighted by atomic mass is 10.2. The SMILES string of the molecule is NCc1ccn(S(=O)(=O)c2cccnc2)c1.O=C1CC[C@@H](C(=O)O)N1. The minimum absolute atomic E-state index is 0.161. The first-order valence-corrected chi connectivity index (χ1v) is 8.83. The molecule has 4 N–H and O–H groups in total. The molecule has 1 amide bonds. The van der Waals surface area contributed by atoms with Crippen molar-refractivity contribution in [1.29, 1.82) is 0 Å². The van der Waals surface area contributed by atoms with E-state index in [2.05, 4.69) is 10.3 Å². The van der Waals surface area contributed by atoms with Crippen LogP contribution in [0.2, 0.25) is 0 Å². The van der Waals surface area contributed by atoms with Crippen molar-refractivity contribution in [3.63, 3.8) is 0 Å². The normalized spacial score (nSPS) is 16.7. The van der Waals surface area contributed by atoms with Gasteiger partial charge in [0.2, 0.25) is 5.91 Å².